The zero-order valence-electron chi connectivity index (χ0n) is 17.7. The normalized spacial score (nSPS) is 23.0. The Morgan fingerprint density at radius 2 is 1.76 bits per heavy atom. The number of carbonyl (C=O) groups is 1. The third-order valence-electron chi connectivity index (χ3n) is 6.39. The summed E-state index contributed by atoms with van der Waals surface area (Å²) < 4.78 is 6.07. The quantitative estimate of drug-likeness (QED) is 0.281. The lowest BCUT2D eigenvalue weighted by Gasteiger charge is -2.30. The molecule has 5 rings (SSSR count). The Balaban J connectivity index is 1.67. The number of fused-ring (bicyclic) bond motifs is 3. The van der Waals surface area contributed by atoms with Crippen LogP contribution in [0.2, 0.25) is 0 Å². The van der Waals surface area contributed by atoms with Gasteiger partial charge in [0.2, 0.25) is 6.04 Å². The van der Waals surface area contributed by atoms with Gasteiger partial charge in [0.05, 0.1) is 19.2 Å². The molecule has 2 aliphatic rings. The lowest BCUT2D eigenvalue weighted by molar-refractivity contribution is -0.529. The molecular weight excluding hydrogens is 486 g/mol. The molecule has 1 saturated heterocycles. The van der Waals surface area contributed by atoms with Crippen molar-refractivity contribution in [2.24, 2.45) is 5.10 Å². The second kappa shape index (κ2) is 8.44. The van der Waals surface area contributed by atoms with E-state index in [1.54, 1.807) is 42.6 Å². The first kappa shape index (κ1) is 21.3. The molecule has 0 aromatic heterocycles. The Labute approximate surface area is 199 Å². The van der Waals surface area contributed by atoms with Gasteiger partial charge in [-0.2, -0.15) is 5.10 Å². The maximum Gasteiger partial charge on any atom is 0.248 e. The van der Waals surface area contributed by atoms with Crippen LogP contribution in [-0.4, -0.2) is 41.1 Å². The van der Waals surface area contributed by atoms with Crippen molar-refractivity contribution in [1.29, 1.82) is 0 Å². The van der Waals surface area contributed by atoms with E-state index in [2.05, 4.69) is 21.0 Å². The molecule has 0 aliphatic carbocycles. The topological polar surface area (TPSA) is 85.0 Å². The van der Waals surface area contributed by atoms with Gasteiger partial charge >= 0.3 is 0 Å². The van der Waals surface area contributed by atoms with Crippen molar-refractivity contribution in [2.45, 2.75) is 24.0 Å². The second-order valence-corrected chi connectivity index (χ2v) is 9.00. The third kappa shape index (κ3) is 3.60. The monoisotopic (exact) mass is 505 g/mol. The maximum absolute atomic E-state index is 13.8. The zero-order chi connectivity index (χ0) is 23.1. The number of benzene rings is 3. The van der Waals surface area contributed by atoms with Gasteiger partial charge in [-0.3, -0.25) is 19.9 Å². The smallest absolute Gasteiger partial charge is 0.248 e. The van der Waals surface area contributed by atoms with Crippen LogP contribution >= 0.6 is 15.9 Å². The van der Waals surface area contributed by atoms with Gasteiger partial charge in [0.15, 0.2) is 5.78 Å². The van der Waals surface area contributed by atoms with E-state index in [-0.39, 0.29) is 10.7 Å². The Hall–Kier alpha value is -3.52. The second-order valence-electron chi connectivity index (χ2n) is 8.09. The minimum absolute atomic E-state index is 0.212. The molecule has 8 heteroatoms. The predicted molar refractivity (Wildman–Crippen MR) is 127 cm³/mol. The highest BCUT2D eigenvalue weighted by molar-refractivity contribution is 9.10. The number of carbonyl (C=O) groups excluding carboxylic acids is 1. The average molecular weight is 506 g/mol. The summed E-state index contributed by atoms with van der Waals surface area (Å²) in [6.07, 6.45) is 1.68. The van der Waals surface area contributed by atoms with Crippen molar-refractivity contribution < 1.29 is 14.5 Å². The van der Waals surface area contributed by atoms with Crippen LogP contribution in [0.3, 0.4) is 0 Å². The lowest BCUT2D eigenvalue weighted by atomic mass is 9.82. The first-order valence-corrected chi connectivity index (χ1v) is 11.3. The van der Waals surface area contributed by atoms with Gasteiger partial charge in [0.25, 0.3) is 0 Å². The molecule has 0 radical (unpaired) electrons. The van der Waals surface area contributed by atoms with Crippen LogP contribution in [0, 0.1) is 10.1 Å². The third-order valence-corrected chi connectivity index (χ3v) is 6.92. The molecule has 2 heterocycles. The van der Waals surface area contributed by atoms with Gasteiger partial charge in [-0.25, -0.2) is 0 Å². The Kier molecular flexibility index (Phi) is 5.46. The number of ether oxygens (including phenoxy) is 1. The molecule has 166 valence electrons. The number of ketones is 1. The average Bonchev–Trinajstić information content (AvgIpc) is 3.20. The van der Waals surface area contributed by atoms with E-state index in [1.807, 2.05) is 48.5 Å². The highest BCUT2D eigenvalue weighted by atomic mass is 79.9. The van der Waals surface area contributed by atoms with Crippen molar-refractivity contribution in [3.63, 3.8) is 0 Å². The molecule has 0 N–H and O–H groups in total. The Morgan fingerprint density at radius 3 is 2.42 bits per heavy atom. The van der Waals surface area contributed by atoms with Crippen molar-refractivity contribution >= 4 is 27.9 Å². The SMILES string of the molecule is COc1ccc(C(=O)[C@@H]2[C@@H](c3ccc(Br)cc3)[C@H]([N+](=O)[O-])C3c4ccccc4C=NN32)cc1. The van der Waals surface area contributed by atoms with E-state index in [4.69, 9.17) is 4.74 Å². The summed E-state index contributed by atoms with van der Waals surface area (Å²) in [4.78, 5) is 26.1. The van der Waals surface area contributed by atoms with Crippen molar-refractivity contribution in [3.8, 4) is 5.75 Å². The Morgan fingerprint density at radius 1 is 1.06 bits per heavy atom. The fourth-order valence-corrected chi connectivity index (χ4v) is 5.16. The van der Waals surface area contributed by atoms with Crippen molar-refractivity contribution in [2.75, 3.05) is 7.11 Å². The lowest BCUT2D eigenvalue weighted by Crippen LogP contribution is -2.38. The molecule has 4 atom stereocenters. The summed E-state index contributed by atoms with van der Waals surface area (Å²) in [5.41, 5.74) is 2.83. The van der Waals surface area contributed by atoms with E-state index in [1.165, 1.54) is 0 Å². The first-order valence-electron chi connectivity index (χ1n) is 10.5. The van der Waals surface area contributed by atoms with E-state index in [0.29, 0.717) is 11.3 Å². The predicted octanol–water partition coefficient (Wildman–Crippen LogP) is 4.84. The molecule has 0 bridgehead atoms. The molecule has 0 amide bonds. The van der Waals surface area contributed by atoms with Crippen LogP contribution in [0.25, 0.3) is 0 Å². The highest BCUT2D eigenvalue weighted by Crippen LogP contribution is 2.49. The maximum atomic E-state index is 13.8. The Bertz CT molecular complexity index is 1240. The number of nitrogens with zero attached hydrogens (tertiary/aromatic N) is 3. The van der Waals surface area contributed by atoms with Gasteiger partial charge in [0, 0.05) is 20.5 Å². The van der Waals surface area contributed by atoms with E-state index < -0.39 is 24.0 Å². The summed E-state index contributed by atoms with van der Waals surface area (Å²) in [6.45, 7) is 0. The van der Waals surface area contributed by atoms with Crippen LogP contribution in [-0.2, 0) is 0 Å². The number of halogens is 1. The molecular formula is C25H20BrN3O4. The van der Waals surface area contributed by atoms with Gasteiger partial charge in [-0.1, -0.05) is 52.3 Å². The first-order chi connectivity index (χ1) is 16.0. The number of hydrogen-bond acceptors (Lipinski definition) is 6. The standard InChI is InChI=1S/C25H20BrN3O4/c1-33-19-12-8-16(9-13-19)25(30)24-21(15-6-10-18(26)11-7-15)23(29(31)32)22-20-5-3-2-4-17(20)14-27-28(22)24/h2-14,21-24H,1H3/t21-,22?,23-,24-/m0/s1. The summed E-state index contributed by atoms with van der Waals surface area (Å²) in [6, 6.07) is 19.2. The minimum atomic E-state index is -1.04. The van der Waals surface area contributed by atoms with Gasteiger partial charge < -0.3 is 4.74 Å². The van der Waals surface area contributed by atoms with Gasteiger partial charge in [-0.05, 0) is 47.5 Å². The minimum Gasteiger partial charge on any atom is -0.497 e. The fraction of sp³-hybridized carbons (Fsp3) is 0.200. The number of hydrogen-bond donors (Lipinski definition) is 0. The van der Waals surface area contributed by atoms with Gasteiger partial charge in [0.1, 0.15) is 17.8 Å². The van der Waals surface area contributed by atoms with E-state index >= 15 is 0 Å². The molecule has 7 nitrogen and oxygen atoms in total. The molecule has 1 unspecified atom stereocenters. The van der Waals surface area contributed by atoms with Crippen LogP contribution < -0.4 is 4.74 Å². The molecule has 0 spiro atoms. The van der Waals surface area contributed by atoms with Crippen LogP contribution in [0.4, 0.5) is 0 Å². The number of rotatable bonds is 5. The zero-order valence-corrected chi connectivity index (χ0v) is 19.3. The molecule has 1 fully saturated rings. The summed E-state index contributed by atoms with van der Waals surface area (Å²) in [5, 5.41) is 18.7. The number of hydrazone groups is 1. The van der Waals surface area contributed by atoms with Crippen molar-refractivity contribution in [1.82, 2.24) is 5.01 Å². The number of methoxy groups -OCH3 is 1. The largest absolute Gasteiger partial charge is 0.497 e. The number of nitro groups is 1. The molecule has 3 aromatic carbocycles. The van der Waals surface area contributed by atoms with Crippen LogP contribution in [0.5, 0.6) is 5.75 Å². The van der Waals surface area contributed by atoms with Crippen LogP contribution in [0.1, 0.15) is 39.0 Å². The molecule has 33 heavy (non-hydrogen) atoms. The molecule has 3 aromatic rings. The van der Waals surface area contributed by atoms with E-state index in [0.717, 1.165) is 21.2 Å². The van der Waals surface area contributed by atoms with Crippen molar-refractivity contribution in [3.05, 3.63) is 110 Å². The van der Waals surface area contributed by atoms with E-state index in [9.17, 15) is 14.9 Å². The molecule has 2 aliphatic heterocycles. The summed E-state index contributed by atoms with van der Waals surface area (Å²) in [7, 11) is 1.56. The van der Waals surface area contributed by atoms with Gasteiger partial charge in [-0.15, -0.1) is 0 Å². The molecule has 0 saturated carbocycles. The highest BCUT2D eigenvalue weighted by Gasteiger charge is 2.60. The fourth-order valence-electron chi connectivity index (χ4n) is 4.89. The summed E-state index contributed by atoms with van der Waals surface area (Å²) in [5.74, 6) is -0.263. The summed E-state index contributed by atoms with van der Waals surface area (Å²) >= 11 is 3.43. The number of Topliss-reactive ketones (excluding diaryl/α,β-unsaturated/α-hetero) is 1. The van der Waals surface area contributed by atoms with Crippen LogP contribution in [0.15, 0.2) is 82.4 Å².